The van der Waals surface area contributed by atoms with E-state index in [1.165, 1.54) is 12.1 Å². The molecule has 2 aliphatic rings. The molecule has 35 heavy (non-hydrogen) atoms. The van der Waals surface area contributed by atoms with Crippen molar-refractivity contribution in [3.63, 3.8) is 0 Å². The second-order valence-electron chi connectivity index (χ2n) is 9.38. The minimum atomic E-state index is -1.07. The standard InChI is InChI=1S/C27H32FN3O4/c1-4-29-26(33)27(2)17-23(30-35-27)20-7-10-24(34-3)22(16-20)25(32)31-13-11-19(12-14-31)15-18-5-8-21(28)9-6-18/h5-10,16,19H,4,11-15,17H2,1-3H3,(H,29,33). The van der Waals surface area contributed by atoms with Crippen LogP contribution >= 0.6 is 0 Å². The fraction of sp³-hybridized carbons (Fsp3) is 0.444. The van der Waals surface area contributed by atoms with Crippen LogP contribution in [0.3, 0.4) is 0 Å². The van der Waals surface area contributed by atoms with Gasteiger partial charge in [0.15, 0.2) is 0 Å². The molecule has 2 heterocycles. The molecule has 1 fully saturated rings. The number of likely N-dealkylation sites (tertiary alicyclic amines) is 1. The van der Waals surface area contributed by atoms with Crippen molar-refractivity contribution in [1.29, 1.82) is 0 Å². The first-order chi connectivity index (χ1) is 16.8. The Morgan fingerprint density at radius 2 is 1.91 bits per heavy atom. The summed E-state index contributed by atoms with van der Waals surface area (Å²) in [5.74, 6) is 0.421. The molecule has 1 atom stereocenters. The minimum absolute atomic E-state index is 0.0880. The maximum atomic E-state index is 13.4. The van der Waals surface area contributed by atoms with Crippen LogP contribution in [0.15, 0.2) is 47.6 Å². The highest BCUT2D eigenvalue weighted by Crippen LogP contribution is 2.30. The summed E-state index contributed by atoms with van der Waals surface area (Å²) in [5, 5.41) is 6.93. The van der Waals surface area contributed by atoms with Gasteiger partial charge in [0.05, 0.1) is 18.4 Å². The number of amides is 2. The van der Waals surface area contributed by atoms with Gasteiger partial charge in [-0.2, -0.15) is 0 Å². The monoisotopic (exact) mass is 481 g/mol. The van der Waals surface area contributed by atoms with Gasteiger partial charge in [0.25, 0.3) is 11.8 Å². The molecule has 7 nitrogen and oxygen atoms in total. The zero-order chi connectivity index (χ0) is 25.0. The fourth-order valence-electron chi connectivity index (χ4n) is 4.68. The molecule has 2 amide bonds. The first-order valence-corrected chi connectivity index (χ1v) is 12.1. The molecule has 0 saturated carbocycles. The van der Waals surface area contributed by atoms with Crippen molar-refractivity contribution in [2.24, 2.45) is 11.1 Å². The molecule has 0 radical (unpaired) electrons. The Labute approximate surface area is 205 Å². The molecule has 8 heteroatoms. The third-order valence-electron chi connectivity index (χ3n) is 6.78. The van der Waals surface area contributed by atoms with Gasteiger partial charge in [-0.3, -0.25) is 9.59 Å². The molecule has 0 aliphatic carbocycles. The first-order valence-electron chi connectivity index (χ1n) is 12.1. The van der Waals surface area contributed by atoms with Gasteiger partial charge in [0.1, 0.15) is 11.6 Å². The van der Waals surface area contributed by atoms with Crippen LogP contribution in [0.25, 0.3) is 0 Å². The quantitative estimate of drug-likeness (QED) is 0.650. The van der Waals surface area contributed by atoms with Crippen LogP contribution in [0.1, 0.15) is 54.6 Å². The predicted molar refractivity (Wildman–Crippen MR) is 131 cm³/mol. The van der Waals surface area contributed by atoms with E-state index in [9.17, 15) is 14.0 Å². The Bertz CT molecular complexity index is 1110. The lowest BCUT2D eigenvalue weighted by Crippen LogP contribution is -2.44. The van der Waals surface area contributed by atoms with Crippen molar-refractivity contribution in [2.45, 2.75) is 45.1 Å². The zero-order valence-corrected chi connectivity index (χ0v) is 20.5. The molecule has 4 rings (SSSR count). The highest BCUT2D eigenvalue weighted by molar-refractivity contribution is 6.07. The molecular weight excluding hydrogens is 449 g/mol. The van der Waals surface area contributed by atoms with Gasteiger partial charge < -0.3 is 19.8 Å². The van der Waals surface area contributed by atoms with Crippen molar-refractivity contribution < 1.29 is 23.6 Å². The van der Waals surface area contributed by atoms with E-state index in [0.717, 1.165) is 30.4 Å². The third kappa shape index (κ3) is 5.47. The Morgan fingerprint density at radius 3 is 2.57 bits per heavy atom. The van der Waals surface area contributed by atoms with Crippen LogP contribution in [-0.4, -0.2) is 54.8 Å². The average Bonchev–Trinajstić information content (AvgIpc) is 3.28. The van der Waals surface area contributed by atoms with Gasteiger partial charge in [0, 0.05) is 31.6 Å². The van der Waals surface area contributed by atoms with Gasteiger partial charge in [-0.25, -0.2) is 4.39 Å². The van der Waals surface area contributed by atoms with E-state index in [1.807, 2.05) is 30.0 Å². The maximum absolute atomic E-state index is 13.4. The number of methoxy groups -OCH3 is 1. The number of hydrogen-bond donors (Lipinski definition) is 1. The number of hydrogen-bond acceptors (Lipinski definition) is 5. The van der Waals surface area contributed by atoms with Crippen molar-refractivity contribution in [3.05, 3.63) is 65.0 Å². The molecule has 1 saturated heterocycles. The Balaban J connectivity index is 1.43. The van der Waals surface area contributed by atoms with E-state index in [0.29, 0.717) is 49.0 Å². The number of ether oxygens (including phenoxy) is 1. The molecule has 1 unspecified atom stereocenters. The summed E-state index contributed by atoms with van der Waals surface area (Å²) in [6, 6.07) is 12.0. The van der Waals surface area contributed by atoms with Gasteiger partial charge >= 0.3 is 0 Å². The summed E-state index contributed by atoms with van der Waals surface area (Å²) in [7, 11) is 1.54. The van der Waals surface area contributed by atoms with Crippen LogP contribution in [0.5, 0.6) is 5.75 Å². The SMILES string of the molecule is CCNC(=O)C1(C)CC(c2ccc(OC)c(C(=O)N3CCC(Cc4ccc(F)cc4)CC3)c2)=NO1. The van der Waals surface area contributed by atoms with E-state index in [2.05, 4.69) is 10.5 Å². The Kier molecular flexibility index (Phi) is 7.38. The van der Waals surface area contributed by atoms with Crippen molar-refractivity contribution in [3.8, 4) is 5.75 Å². The second kappa shape index (κ2) is 10.5. The van der Waals surface area contributed by atoms with E-state index >= 15 is 0 Å². The number of rotatable bonds is 7. The molecule has 0 aromatic heterocycles. The molecule has 1 N–H and O–H groups in total. The van der Waals surface area contributed by atoms with Crippen LogP contribution in [0.2, 0.25) is 0 Å². The maximum Gasteiger partial charge on any atom is 0.267 e. The van der Waals surface area contributed by atoms with Crippen molar-refractivity contribution in [1.82, 2.24) is 10.2 Å². The number of carbonyl (C=O) groups is 2. The second-order valence-corrected chi connectivity index (χ2v) is 9.38. The molecule has 186 valence electrons. The zero-order valence-electron chi connectivity index (χ0n) is 20.5. The number of carbonyl (C=O) groups excluding carboxylic acids is 2. The smallest absolute Gasteiger partial charge is 0.267 e. The average molecular weight is 482 g/mol. The van der Waals surface area contributed by atoms with Crippen LogP contribution < -0.4 is 10.1 Å². The molecular formula is C27H32FN3O4. The molecule has 2 aromatic carbocycles. The summed E-state index contributed by atoms with van der Waals surface area (Å²) in [5.41, 5.74) is 1.87. The Hall–Kier alpha value is -3.42. The lowest BCUT2D eigenvalue weighted by Gasteiger charge is -2.32. The van der Waals surface area contributed by atoms with Gasteiger partial charge in [0.2, 0.25) is 5.60 Å². The summed E-state index contributed by atoms with van der Waals surface area (Å²) in [4.78, 5) is 33.2. The summed E-state index contributed by atoms with van der Waals surface area (Å²) < 4.78 is 18.7. The lowest BCUT2D eigenvalue weighted by atomic mass is 9.89. The number of piperidine rings is 1. The molecule has 2 aromatic rings. The molecule has 0 spiro atoms. The summed E-state index contributed by atoms with van der Waals surface area (Å²) in [6.45, 7) is 5.37. The van der Waals surface area contributed by atoms with Crippen LogP contribution in [0.4, 0.5) is 4.39 Å². The fourth-order valence-corrected chi connectivity index (χ4v) is 4.68. The first kappa shape index (κ1) is 24.7. The number of nitrogens with one attached hydrogen (secondary N) is 1. The van der Waals surface area contributed by atoms with Crippen molar-refractivity contribution in [2.75, 3.05) is 26.7 Å². The number of nitrogens with zero attached hydrogens (tertiary/aromatic N) is 2. The van der Waals surface area contributed by atoms with Crippen LogP contribution in [-0.2, 0) is 16.1 Å². The minimum Gasteiger partial charge on any atom is -0.496 e. The number of oxime groups is 1. The summed E-state index contributed by atoms with van der Waals surface area (Å²) in [6.07, 6.45) is 2.96. The van der Waals surface area contributed by atoms with E-state index in [4.69, 9.17) is 9.57 Å². The van der Waals surface area contributed by atoms with Gasteiger partial charge in [-0.05, 0) is 74.9 Å². The van der Waals surface area contributed by atoms with E-state index < -0.39 is 5.60 Å². The normalized spacial score (nSPS) is 20.2. The third-order valence-corrected chi connectivity index (χ3v) is 6.78. The number of likely N-dealkylation sites (N-methyl/N-ethyl adjacent to an activating group) is 1. The van der Waals surface area contributed by atoms with Crippen LogP contribution in [0, 0.1) is 11.7 Å². The van der Waals surface area contributed by atoms with Gasteiger partial charge in [-0.1, -0.05) is 17.3 Å². The number of halogens is 1. The summed E-state index contributed by atoms with van der Waals surface area (Å²) >= 11 is 0. The topological polar surface area (TPSA) is 80.2 Å². The highest BCUT2D eigenvalue weighted by Gasteiger charge is 2.42. The molecule has 2 aliphatic heterocycles. The number of benzene rings is 2. The highest BCUT2D eigenvalue weighted by atomic mass is 19.1. The lowest BCUT2D eigenvalue weighted by molar-refractivity contribution is -0.141. The van der Waals surface area contributed by atoms with E-state index in [-0.39, 0.29) is 17.6 Å². The van der Waals surface area contributed by atoms with Gasteiger partial charge in [-0.15, -0.1) is 0 Å². The largest absolute Gasteiger partial charge is 0.496 e. The van der Waals surface area contributed by atoms with E-state index in [1.54, 1.807) is 26.2 Å². The molecule has 0 bridgehead atoms. The van der Waals surface area contributed by atoms with Crippen molar-refractivity contribution >= 4 is 17.5 Å². The predicted octanol–water partition coefficient (Wildman–Crippen LogP) is 3.95. The Morgan fingerprint density at radius 1 is 1.20 bits per heavy atom.